The normalized spacial score (nSPS) is 19.4. The van der Waals surface area contributed by atoms with Crippen LogP contribution in [0.1, 0.15) is 52.1 Å². The summed E-state index contributed by atoms with van der Waals surface area (Å²) < 4.78 is 7.87. The van der Waals surface area contributed by atoms with E-state index in [1.54, 1.807) is 6.07 Å². The standard InChI is InChI=1S/C20H26BrN3O3/c1-12(2)18-16-9-13(21)5-6-15(16)19(26)24(23-18)11-17(25)22-14-7-8-27-20(3,4)10-14/h5-6,9,12,14H,7-8,10-11H2,1-4H3,(H,22,25). The molecule has 0 radical (unpaired) electrons. The number of nitrogens with zero attached hydrogens (tertiary/aromatic N) is 2. The van der Waals surface area contributed by atoms with Crippen LogP contribution < -0.4 is 10.9 Å². The minimum absolute atomic E-state index is 0.0536. The highest BCUT2D eigenvalue weighted by atomic mass is 79.9. The maximum atomic E-state index is 12.8. The van der Waals surface area contributed by atoms with Crippen LogP contribution in [-0.4, -0.2) is 33.9 Å². The van der Waals surface area contributed by atoms with Crippen LogP contribution in [0.25, 0.3) is 10.8 Å². The minimum Gasteiger partial charge on any atom is -0.375 e. The number of ether oxygens (including phenoxy) is 1. The predicted molar refractivity (Wildman–Crippen MR) is 109 cm³/mol. The molecular weight excluding hydrogens is 410 g/mol. The van der Waals surface area contributed by atoms with E-state index in [2.05, 4.69) is 26.3 Å². The van der Waals surface area contributed by atoms with Crippen molar-refractivity contribution < 1.29 is 9.53 Å². The third kappa shape index (κ3) is 4.58. The third-order valence-electron chi connectivity index (χ3n) is 4.85. The first-order valence-electron chi connectivity index (χ1n) is 9.30. The molecular formula is C20H26BrN3O3. The molecule has 1 aliphatic rings. The molecule has 3 rings (SSSR count). The number of amides is 1. The smallest absolute Gasteiger partial charge is 0.275 e. The van der Waals surface area contributed by atoms with Crippen molar-refractivity contribution in [3.05, 3.63) is 38.7 Å². The lowest BCUT2D eigenvalue weighted by Crippen LogP contribution is -2.47. The fraction of sp³-hybridized carbons (Fsp3) is 0.550. The molecule has 0 bridgehead atoms. The lowest BCUT2D eigenvalue weighted by Gasteiger charge is -2.35. The number of carbonyl (C=O) groups is 1. The van der Waals surface area contributed by atoms with Gasteiger partial charge in [-0.25, -0.2) is 4.68 Å². The Morgan fingerprint density at radius 1 is 1.41 bits per heavy atom. The Balaban J connectivity index is 1.86. The van der Waals surface area contributed by atoms with Gasteiger partial charge in [-0.1, -0.05) is 29.8 Å². The van der Waals surface area contributed by atoms with Gasteiger partial charge in [-0.3, -0.25) is 9.59 Å². The largest absolute Gasteiger partial charge is 0.375 e. The number of nitrogens with one attached hydrogen (secondary N) is 1. The number of rotatable bonds is 4. The van der Waals surface area contributed by atoms with Crippen molar-refractivity contribution in [3.63, 3.8) is 0 Å². The van der Waals surface area contributed by atoms with Gasteiger partial charge in [-0.15, -0.1) is 0 Å². The topological polar surface area (TPSA) is 73.2 Å². The van der Waals surface area contributed by atoms with E-state index in [9.17, 15) is 9.59 Å². The maximum absolute atomic E-state index is 12.8. The molecule has 0 aliphatic carbocycles. The van der Waals surface area contributed by atoms with Gasteiger partial charge >= 0.3 is 0 Å². The van der Waals surface area contributed by atoms with E-state index >= 15 is 0 Å². The van der Waals surface area contributed by atoms with Crippen LogP contribution in [0.3, 0.4) is 0 Å². The molecule has 1 amide bonds. The highest BCUT2D eigenvalue weighted by Gasteiger charge is 2.29. The second-order valence-electron chi connectivity index (χ2n) is 8.06. The summed E-state index contributed by atoms with van der Waals surface area (Å²) >= 11 is 3.45. The fourth-order valence-electron chi connectivity index (χ4n) is 3.58. The van der Waals surface area contributed by atoms with Gasteiger partial charge < -0.3 is 10.1 Å². The molecule has 2 aromatic rings. The van der Waals surface area contributed by atoms with Crippen LogP contribution in [0.5, 0.6) is 0 Å². The first-order chi connectivity index (χ1) is 12.7. The number of carbonyl (C=O) groups excluding carboxylic acids is 1. The molecule has 1 N–H and O–H groups in total. The predicted octanol–water partition coefficient (Wildman–Crippen LogP) is 3.36. The molecule has 146 valence electrons. The summed E-state index contributed by atoms with van der Waals surface area (Å²) in [6.45, 7) is 8.64. The average Bonchev–Trinajstić information content (AvgIpc) is 2.56. The van der Waals surface area contributed by atoms with Gasteiger partial charge in [0.1, 0.15) is 6.54 Å². The van der Waals surface area contributed by atoms with Gasteiger partial charge in [-0.2, -0.15) is 5.10 Å². The lowest BCUT2D eigenvalue weighted by molar-refractivity contribution is -0.124. The van der Waals surface area contributed by atoms with Crippen molar-refractivity contribution in [2.45, 2.75) is 64.6 Å². The molecule has 1 fully saturated rings. The highest BCUT2D eigenvalue weighted by molar-refractivity contribution is 9.10. The SMILES string of the molecule is CC(C)c1nn(CC(=O)NC2CCOC(C)(C)C2)c(=O)c2ccc(Br)cc12. The zero-order chi connectivity index (χ0) is 19.8. The Kier molecular flexibility index (Phi) is 5.72. The lowest BCUT2D eigenvalue weighted by atomic mass is 9.94. The molecule has 1 aromatic heterocycles. The monoisotopic (exact) mass is 435 g/mol. The summed E-state index contributed by atoms with van der Waals surface area (Å²) in [5.74, 6) is -0.0635. The molecule has 1 aliphatic heterocycles. The van der Waals surface area contributed by atoms with Crippen LogP contribution in [-0.2, 0) is 16.1 Å². The molecule has 1 atom stereocenters. The van der Waals surface area contributed by atoms with E-state index in [4.69, 9.17) is 4.74 Å². The highest BCUT2D eigenvalue weighted by Crippen LogP contribution is 2.25. The number of hydrogen-bond acceptors (Lipinski definition) is 4. The van der Waals surface area contributed by atoms with Crippen LogP contribution >= 0.6 is 15.9 Å². The van der Waals surface area contributed by atoms with Gasteiger partial charge in [0.05, 0.1) is 16.7 Å². The van der Waals surface area contributed by atoms with Gasteiger partial charge in [0.15, 0.2) is 0 Å². The molecule has 0 saturated carbocycles. The first-order valence-corrected chi connectivity index (χ1v) is 10.1. The summed E-state index contributed by atoms with van der Waals surface area (Å²) in [4.78, 5) is 25.4. The molecule has 1 aromatic carbocycles. The first kappa shape index (κ1) is 20.0. The number of aromatic nitrogens is 2. The second-order valence-corrected chi connectivity index (χ2v) is 8.97. The Hall–Kier alpha value is -1.73. The molecule has 7 heteroatoms. The van der Waals surface area contributed by atoms with Crippen molar-refractivity contribution in [1.82, 2.24) is 15.1 Å². The molecule has 1 unspecified atom stereocenters. The van der Waals surface area contributed by atoms with E-state index in [1.807, 2.05) is 39.8 Å². The number of benzene rings is 1. The van der Waals surface area contributed by atoms with Crippen molar-refractivity contribution >= 4 is 32.6 Å². The van der Waals surface area contributed by atoms with Gasteiger partial charge in [0.25, 0.3) is 5.56 Å². The van der Waals surface area contributed by atoms with E-state index in [1.165, 1.54) is 4.68 Å². The summed E-state index contributed by atoms with van der Waals surface area (Å²) in [7, 11) is 0. The van der Waals surface area contributed by atoms with Crippen molar-refractivity contribution in [2.75, 3.05) is 6.61 Å². The van der Waals surface area contributed by atoms with Crippen molar-refractivity contribution in [1.29, 1.82) is 0 Å². The molecule has 0 spiro atoms. The summed E-state index contributed by atoms with van der Waals surface area (Å²) in [6, 6.07) is 5.58. The van der Waals surface area contributed by atoms with Crippen LogP contribution in [0, 0.1) is 0 Å². The van der Waals surface area contributed by atoms with Crippen LogP contribution in [0.2, 0.25) is 0 Å². The Bertz CT molecular complexity index is 921. The number of hydrogen-bond donors (Lipinski definition) is 1. The van der Waals surface area contributed by atoms with Gasteiger partial charge in [0.2, 0.25) is 5.91 Å². The van der Waals surface area contributed by atoms with Crippen LogP contribution in [0.15, 0.2) is 27.5 Å². The van der Waals surface area contributed by atoms with E-state index in [0.717, 1.165) is 28.4 Å². The van der Waals surface area contributed by atoms with Crippen molar-refractivity contribution in [3.8, 4) is 0 Å². The summed E-state index contributed by atoms with van der Waals surface area (Å²) in [5, 5.41) is 8.94. The number of fused-ring (bicyclic) bond motifs is 1. The minimum atomic E-state index is -0.246. The average molecular weight is 436 g/mol. The second kappa shape index (κ2) is 7.72. The molecule has 6 nitrogen and oxygen atoms in total. The Morgan fingerprint density at radius 3 is 2.81 bits per heavy atom. The summed E-state index contributed by atoms with van der Waals surface area (Å²) in [6.07, 6.45) is 1.53. The van der Waals surface area contributed by atoms with Crippen LogP contribution in [0.4, 0.5) is 0 Å². The molecule has 1 saturated heterocycles. The van der Waals surface area contributed by atoms with Gasteiger partial charge in [-0.05, 0) is 50.8 Å². The Morgan fingerprint density at radius 2 is 2.15 bits per heavy atom. The zero-order valence-corrected chi connectivity index (χ0v) is 17.8. The van der Waals surface area contributed by atoms with E-state index in [0.29, 0.717) is 12.0 Å². The zero-order valence-electron chi connectivity index (χ0n) is 16.2. The quantitative estimate of drug-likeness (QED) is 0.798. The molecule has 2 heterocycles. The third-order valence-corrected chi connectivity index (χ3v) is 5.35. The number of halogens is 1. The van der Waals surface area contributed by atoms with Gasteiger partial charge in [0, 0.05) is 22.5 Å². The van der Waals surface area contributed by atoms with E-state index < -0.39 is 0 Å². The summed E-state index contributed by atoms with van der Waals surface area (Å²) in [5.41, 5.74) is 0.321. The Labute approximate surface area is 167 Å². The van der Waals surface area contributed by atoms with E-state index in [-0.39, 0.29) is 35.6 Å². The fourth-order valence-corrected chi connectivity index (χ4v) is 3.94. The van der Waals surface area contributed by atoms with Crippen molar-refractivity contribution in [2.24, 2.45) is 0 Å². The maximum Gasteiger partial charge on any atom is 0.275 e. The molecule has 27 heavy (non-hydrogen) atoms.